The van der Waals surface area contributed by atoms with Gasteiger partial charge in [0, 0.05) is 13.1 Å². The SMILES string of the molecule is CCNC(=NCc1ccc(C(N)=O)o1)N1CCOC(c2ccccc2C)C1.I. The van der Waals surface area contributed by atoms with Gasteiger partial charge in [-0.05, 0) is 37.1 Å². The molecule has 3 N–H and O–H groups in total. The second kappa shape index (κ2) is 10.5. The highest BCUT2D eigenvalue weighted by Crippen LogP contribution is 2.25. The average molecular weight is 498 g/mol. The second-order valence-electron chi connectivity index (χ2n) is 6.46. The zero-order valence-electron chi connectivity index (χ0n) is 16.2. The Kier molecular flexibility index (Phi) is 8.31. The Morgan fingerprint density at radius 3 is 2.79 bits per heavy atom. The van der Waals surface area contributed by atoms with Gasteiger partial charge in [-0.15, -0.1) is 24.0 Å². The van der Waals surface area contributed by atoms with Crippen LogP contribution in [0, 0.1) is 6.92 Å². The van der Waals surface area contributed by atoms with Gasteiger partial charge in [0.2, 0.25) is 0 Å². The molecule has 7 nitrogen and oxygen atoms in total. The first-order valence-corrected chi connectivity index (χ1v) is 9.17. The Bertz CT molecular complexity index is 821. The summed E-state index contributed by atoms with van der Waals surface area (Å²) >= 11 is 0. The number of furan rings is 1. The van der Waals surface area contributed by atoms with E-state index in [0.717, 1.165) is 25.6 Å². The van der Waals surface area contributed by atoms with Gasteiger partial charge in [-0.2, -0.15) is 0 Å². The van der Waals surface area contributed by atoms with E-state index in [1.807, 2.05) is 19.1 Å². The van der Waals surface area contributed by atoms with E-state index in [9.17, 15) is 4.79 Å². The summed E-state index contributed by atoms with van der Waals surface area (Å²) in [6, 6.07) is 11.6. The van der Waals surface area contributed by atoms with Gasteiger partial charge in [-0.3, -0.25) is 4.79 Å². The number of nitrogens with zero attached hydrogens (tertiary/aromatic N) is 2. The maximum absolute atomic E-state index is 11.2. The molecule has 1 atom stereocenters. The smallest absolute Gasteiger partial charge is 0.284 e. The average Bonchev–Trinajstić information content (AvgIpc) is 3.15. The van der Waals surface area contributed by atoms with E-state index in [1.54, 1.807) is 12.1 Å². The minimum Gasteiger partial charge on any atom is -0.454 e. The number of nitrogens with one attached hydrogen (secondary N) is 1. The molecule has 3 rings (SSSR count). The van der Waals surface area contributed by atoms with E-state index in [2.05, 4.69) is 34.3 Å². The topological polar surface area (TPSA) is 93.1 Å². The van der Waals surface area contributed by atoms with Crippen molar-refractivity contribution in [3.8, 4) is 0 Å². The minimum atomic E-state index is -0.577. The fraction of sp³-hybridized carbons (Fsp3) is 0.400. The van der Waals surface area contributed by atoms with Crippen LogP contribution in [0.2, 0.25) is 0 Å². The molecule has 1 fully saturated rings. The maximum Gasteiger partial charge on any atom is 0.284 e. The summed E-state index contributed by atoms with van der Waals surface area (Å²) in [6.45, 7) is 7.35. The number of morpholine rings is 1. The van der Waals surface area contributed by atoms with Crippen LogP contribution in [-0.4, -0.2) is 43.0 Å². The van der Waals surface area contributed by atoms with Gasteiger partial charge in [-0.1, -0.05) is 24.3 Å². The summed E-state index contributed by atoms with van der Waals surface area (Å²) in [7, 11) is 0. The van der Waals surface area contributed by atoms with E-state index >= 15 is 0 Å². The number of carbonyl (C=O) groups excluding carboxylic acids is 1. The van der Waals surface area contributed by atoms with Crippen LogP contribution in [0.15, 0.2) is 45.8 Å². The largest absolute Gasteiger partial charge is 0.454 e. The fourth-order valence-corrected chi connectivity index (χ4v) is 3.15. The summed E-state index contributed by atoms with van der Waals surface area (Å²) in [5.74, 6) is 0.974. The number of amides is 1. The van der Waals surface area contributed by atoms with Crippen molar-refractivity contribution in [3.63, 3.8) is 0 Å². The van der Waals surface area contributed by atoms with Crippen LogP contribution >= 0.6 is 24.0 Å². The molecule has 152 valence electrons. The lowest BCUT2D eigenvalue weighted by Crippen LogP contribution is -2.48. The number of benzene rings is 1. The first-order valence-electron chi connectivity index (χ1n) is 9.17. The number of hydrogen-bond acceptors (Lipinski definition) is 4. The Hall–Kier alpha value is -2.07. The van der Waals surface area contributed by atoms with Crippen molar-refractivity contribution in [2.75, 3.05) is 26.2 Å². The van der Waals surface area contributed by atoms with Crippen LogP contribution in [-0.2, 0) is 11.3 Å². The molecule has 0 bridgehead atoms. The maximum atomic E-state index is 11.2. The lowest BCUT2D eigenvalue weighted by Gasteiger charge is -2.35. The van der Waals surface area contributed by atoms with Crippen molar-refractivity contribution in [3.05, 3.63) is 59.0 Å². The molecule has 1 saturated heterocycles. The van der Waals surface area contributed by atoms with Crippen LogP contribution in [0.5, 0.6) is 0 Å². The number of rotatable bonds is 5. The number of ether oxygens (including phenoxy) is 1. The van der Waals surface area contributed by atoms with Gasteiger partial charge in [0.15, 0.2) is 11.7 Å². The minimum absolute atomic E-state index is 0. The molecule has 0 aliphatic carbocycles. The molecule has 1 aromatic carbocycles. The van der Waals surface area contributed by atoms with Crippen molar-refractivity contribution in [1.29, 1.82) is 0 Å². The molecule has 1 aliphatic heterocycles. The summed E-state index contributed by atoms with van der Waals surface area (Å²) < 4.78 is 11.4. The predicted octanol–water partition coefficient (Wildman–Crippen LogP) is 2.84. The zero-order chi connectivity index (χ0) is 19.2. The monoisotopic (exact) mass is 498 g/mol. The van der Waals surface area contributed by atoms with Gasteiger partial charge < -0.3 is 25.1 Å². The number of primary amides is 1. The molecule has 2 heterocycles. The molecule has 1 aliphatic rings. The molecule has 8 heteroatoms. The van der Waals surface area contributed by atoms with E-state index < -0.39 is 5.91 Å². The number of hydrogen-bond donors (Lipinski definition) is 2. The summed E-state index contributed by atoms with van der Waals surface area (Å²) in [4.78, 5) is 18.0. The fourth-order valence-electron chi connectivity index (χ4n) is 3.15. The Balaban J connectivity index is 0.00000280. The lowest BCUT2D eigenvalue weighted by atomic mass is 10.0. The second-order valence-corrected chi connectivity index (χ2v) is 6.46. The lowest BCUT2D eigenvalue weighted by molar-refractivity contribution is -0.00835. The van der Waals surface area contributed by atoms with Gasteiger partial charge in [0.25, 0.3) is 5.91 Å². The van der Waals surface area contributed by atoms with Crippen LogP contribution in [0.4, 0.5) is 0 Å². The van der Waals surface area contributed by atoms with Gasteiger partial charge in [-0.25, -0.2) is 4.99 Å². The normalized spacial score (nSPS) is 17.1. The van der Waals surface area contributed by atoms with Crippen molar-refractivity contribution in [2.24, 2.45) is 10.7 Å². The Morgan fingerprint density at radius 1 is 1.32 bits per heavy atom. The number of aliphatic imine (C=N–C) groups is 1. The molecule has 1 amide bonds. The predicted molar refractivity (Wildman–Crippen MR) is 119 cm³/mol. The third-order valence-electron chi connectivity index (χ3n) is 4.53. The first kappa shape index (κ1) is 22.2. The number of aryl methyl sites for hydroxylation is 1. The van der Waals surface area contributed by atoms with Crippen LogP contribution in [0.3, 0.4) is 0 Å². The standard InChI is InChI=1S/C20H26N4O3.HI/c1-3-22-20(23-12-15-8-9-17(27-15)19(21)25)24-10-11-26-18(13-24)16-7-5-4-6-14(16)2;/h4-9,18H,3,10-13H2,1-2H3,(H2,21,25)(H,22,23);1H. The Labute approximate surface area is 182 Å². The zero-order valence-corrected chi connectivity index (χ0v) is 18.5. The third-order valence-corrected chi connectivity index (χ3v) is 4.53. The number of nitrogens with two attached hydrogens (primary N) is 1. The summed E-state index contributed by atoms with van der Waals surface area (Å²) in [5.41, 5.74) is 7.65. The van der Waals surface area contributed by atoms with Crippen LogP contribution in [0.1, 0.15) is 40.5 Å². The molecule has 2 aromatic rings. The van der Waals surface area contributed by atoms with Crippen LogP contribution in [0.25, 0.3) is 0 Å². The van der Waals surface area contributed by atoms with Crippen LogP contribution < -0.4 is 11.1 Å². The highest BCUT2D eigenvalue weighted by Gasteiger charge is 2.25. The summed E-state index contributed by atoms with van der Waals surface area (Å²) in [5, 5.41) is 3.33. The molecule has 28 heavy (non-hydrogen) atoms. The molecule has 0 saturated carbocycles. The highest BCUT2D eigenvalue weighted by atomic mass is 127. The van der Waals surface area contributed by atoms with Gasteiger partial charge >= 0.3 is 0 Å². The van der Waals surface area contributed by atoms with Crippen molar-refractivity contribution >= 4 is 35.8 Å². The van der Waals surface area contributed by atoms with Gasteiger partial charge in [0.05, 0.1) is 13.2 Å². The quantitative estimate of drug-likeness (QED) is 0.376. The molecule has 1 aromatic heterocycles. The molecule has 0 spiro atoms. The van der Waals surface area contributed by atoms with E-state index in [0.29, 0.717) is 18.9 Å². The Morgan fingerprint density at radius 2 is 2.11 bits per heavy atom. The number of carbonyl (C=O) groups is 1. The van der Waals surface area contributed by atoms with E-state index in [1.165, 1.54) is 11.1 Å². The first-order chi connectivity index (χ1) is 13.1. The van der Waals surface area contributed by atoms with Crippen molar-refractivity contribution in [1.82, 2.24) is 10.2 Å². The third kappa shape index (κ3) is 5.48. The molecule has 0 radical (unpaired) electrons. The van der Waals surface area contributed by atoms with E-state index in [-0.39, 0.29) is 35.8 Å². The van der Waals surface area contributed by atoms with E-state index in [4.69, 9.17) is 14.9 Å². The van der Waals surface area contributed by atoms with Crippen molar-refractivity contribution < 1.29 is 13.9 Å². The van der Waals surface area contributed by atoms with Crippen molar-refractivity contribution in [2.45, 2.75) is 26.5 Å². The molecular weight excluding hydrogens is 471 g/mol. The number of guanidine groups is 1. The number of halogens is 1. The molecule has 1 unspecified atom stereocenters. The highest BCUT2D eigenvalue weighted by molar-refractivity contribution is 14.0. The van der Waals surface area contributed by atoms with Gasteiger partial charge in [0.1, 0.15) is 18.4 Å². The summed E-state index contributed by atoms with van der Waals surface area (Å²) in [6.07, 6.45) is 0.00823. The molecular formula is C20H27IN4O3.